The van der Waals surface area contributed by atoms with Crippen LogP contribution >= 0.6 is 0 Å². The van der Waals surface area contributed by atoms with Gasteiger partial charge in [0.15, 0.2) is 0 Å². The molecule has 0 fully saturated rings. The fraction of sp³-hybridized carbons (Fsp3) is 0.500. The van der Waals surface area contributed by atoms with E-state index in [9.17, 15) is 0 Å². The van der Waals surface area contributed by atoms with Crippen LogP contribution in [0.4, 0.5) is 0 Å². The lowest BCUT2D eigenvalue weighted by molar-refractivity contribution is 0.623. The Kier molecular flexibility index (Phi) is 1.45. The molecule has 0 bridgehead atoms. The molecule has 0 saturated carbocycles. The lowest BCUT2D eigenvalue weighted by Crippen LogP contribution is -1.90. The summed E-state index contributed by atoms with van der Waals surface area (Å²) < 4.78 is 0. The van der Waals surface area contributed by atoms with Crippen molar-refractivity contribution >= 4 is 0 Å². The van der Waals surface area contributed by atoms with Gasteiger partial charge in [-0.3, -0.25) is 4.98 Å². The summed E-state index contributed by atoms with van der Waals surface area (Å²) >= 11 is 0. The molecular weight excluding hydrogens is 134 g/mol. The average Bonchev–Trinajstić information content (AvgIpc) is 2.31. The summed E-state index contributed by atoms with van der Waals surface area (Å²) in [6.07, 6.45) is 4.33. The van der Waals surface area contributed by atoms with E-state index in [1.165, 1.54) is 29.7 Å². The van der Waals surface area contributed by atoms with Crippen molar-refractivity contribution in [3.8, 4) is 0 Å². The van der Waals surface area contributed by atoms with E-state index in [0.717, 1.165) is 5.92 Å². The molecule has 1 heteroatoms. The predicted octanol–water partition coefficient (Wildman–Crippen LogP) is 2.12. The van der Waals surface area contributed by atoms with Gasteiger partial charge in [0, 0.05) is 11.9 Å². The van der Waals surface area contributed by atoms with Gasteiger partial charge in [0.1, 0.15) is 0 Å². The van der Waals surface area contributed by atoms with E-state index in [-0.39, 0.29) is 0 Å². The Hall–Kier alpha value is -0.850. The highest BCUT2D eigenvalue weighted by Gasteiger charge is 2.19. The van der Waals surface area contributed by atoms with Gasteiger partial charge in [-0.2, -0.15) is 0 Å². The highest BCUT2D eigenvalue weighted by atomic mass is 14.7. The third-order valence-corrected chi connectivity index (χ3v) is 2.47. The zero-order valence-corrected chi connectivity index (χ0v) is 7.09. The molecule has 1 aromatic rings. The number of hydrogen-bond donors (Lipinski definition) is 0. The van der Waals surface area contributed by atoms with Crippen molar-refractivity contribution in [2.24, 2.45) is 5.92 Å². The van der Waals surface area contributed by atoms with Gasteiger partial charge in [0.25, 0.3) is 0 Å². The first kappa shape index (κ1) is 6.84. The van der Waals surface area contributed by atoms with Gasteiger partial charge in [0.05, 0.1) is 0 Å². The molecule has 1 aromatic heterocycles. The van der Waals surface area contributed by atoms with Crippen molar-refractivity contribution in [2.75, 3.05) is 0 Å². The van der Waals surface area contributed by atoms with Crippen molar-refractivity contribution in [3.05, 3.63) is 29.1 Å². The minimum Gasteiger partial charge on any atom is -0.261 e. The SMILES string of the molecule is Cc1ccnc2c1C[C@@H](C)C2. The van der Waals surface area contributed by atoms with E-state index >= 15 is 0 Å². The first-order valence-electron chi connectivity index (χ1n) is 4.20. The summed E-state index contributed by atoms with van der Waals surface area (Å²) in [6.45, 7) is 4.47. The third-order valence-electron chi connectivity index (χ3n) is 2.47. The van der Waals surface area contributed by atoms with Crippen molar-refractivity contribution in [1.82, 2.24) is 4.98 Å². The van der Waals surface area contributed by atoms with Crippen LogP contribution in [0.15, 0.2) is 12.3 Å². The highest BCUT2D eigenvalue weighted by molar-refractivity contribution is 5.33. The summed E-state index contributed by atoms with van der Waals surface area (Å²) in [5.41, 5.74) is 4.25. The van der Waals surface area contributed by atoms with Gasteiger partial charge in [0.2, 0.25) is 0 Å². The Bertz CT molecular complexity index is 278. The molecule has 0 aliphatic heterocycles. The predicted molar refractivity (Wildman–Crippen MR) is 45.5 cm³/mol. The molecule has 0 amide bonds. The lowest BCUT2D eigenvalue weighted by atomic mass is 10.1. The molecule has 0 N–H and O–H groups in total. The molecule has 1 aliphatic carbocycles. The van der Waals surface area contributed by atoms with Crippen LogP contribution in [-0.4, -0.2) is 4.98 Å². The second-order valence-corrected chi connectivity index (χ2v) is 3.57. The Morgan fingerprint density at radius 1 is 1.45 bits per heavy atom. The number of aryl methyl sites for hydroxylation is 1. The fourth-order valence-corrected chi connectivity index (χ4v) is 1.85. The minimum atomic E-state index is 0.804. The smallest absolute Gasteiger partial charge is 0.0441 e. The second-order valence-electron chi connectivity index (χ2n) is 3.57. The van der Waals surface area contributed by atoms with Crippen molar-refractivity contribution in [2.45, 2.75) is 26.7 Å². The van der Waals surface area contributed by atoms with E-state index < -0.39 is 0 Å². The first-order valence-corrected chi connectivity index (χ1v) is 4.20. The zero-order valence-electron chi connectivity index (χ0n) is 7.09. The van der Waals surface area contributed by atoms with Gasteiger partial charge < -0.3 is 0 Å². The van der Waals surface area contributed by atoms with Crippen LogP contribution < -0.4 is 0 Å². The van der Waals surface area contributed by atoms with E-state index in [1.807, 2.05) is 6.20 Å². The van der Waals surface area contributed by atoms with Crippen molar-refractivity contribution in [3.63, 3.8) is 0 Å². The largest absolute Gasteiger partial charge is 0.261 e. The molecule has 1 heterocycles. The third kappa shape index (κ3) is 1.05. The number of fused-ring (bicyclic) bond motifs is 1. The van der Waals surface area contributed by atoms with E-state index in [2.05, 4.69) is 24.9 Å². The molecule has 0 spiro atoms. The second kappa shape index (κ2) is 2.33. The maximum atomic E-state index is 4.37. The summed E-state index contributed by atoms with van der Waals surface area (Å²) in [4.78, 5) is 4.37. The van der Waals surface area contributed by atoms with E-state index in [0.29, 0.717) is 0 Å². The molecule has 2 rings (SSSR count). The van der Waals surface area contributed by atoms with Crippen molar-refractivity contribution < 1.29 is 0 Å². The molecule has 1 aliphatic rings. The Labute approximate surface area is 67.5 Å². The summed E-state index contributed by atoms with van der Waals surface area (Å²) in [7, 11) is 0. The van der Waals surface area contributed by atoms with Crippen LogP contribution in [0.2, 0.25) is 0 Å². The van der Waals surface area contributed by atoms with Crippen LogP contribution in [0.3, 0.4) is 0 Å². The van der Waals surface area contributed by atoms with Crippen LogP contribution in [0, 0.1) is 12.8 Å². The normalized spacial score (nSPS) is 21.8. The molecule has 1 atom stereocenters. The Balaban J connectivity index is 2.49. The quantitative estimate of drug-likeness (QED) is 0.547. The number of pyridine rings is 1. The Morgan fingerprint density at radius 2 is 2.27 bits per heavy atom. The molecule has 0 radical (unpaired) electrons. The van der Waals surface area contributed by atoms with E-state index in [4.69, 9.17) is 0 Å². The molecular formula is C10H13N. The molecule has 0 aromatic carbocycles. The van der Waals surface area contributed by atoms with Gasteiger partial charge >= 0.3 is 0 Å². The summed E-state index contributed by atoms with van der Waals surface area (Å²) in [6, 6.07) is 2.11. The molecule has 58 valence electrons. The highest BCUT2D eigenvalue weighted by Crippen LogP contribution is 2.26. The maximum absolute atomic E-state index is 4.37. The monoisotopic (exact) mass is 147 g/mol. The number of aromatic nitrogens is 1. The van der Waals surface area contributed by atoms with Gasteiger partial charge in [-0.15, -0.1) is 0 Å². The summed E-state index contributed by atoms with van der Waals surface area (Å²) in [5, 5.41) is 0. The van der Waals surface area contributed by atoms with Gasteiger partial charge in [-0.25, -0.2) is 0 Å². The molecule has 1 nitrogen and oxygen atoms in total. The van der Waals surface area contributed by atoms with Crippen LogP contribution in [-0.2, 0) is 12.8 Å². The number of rotatable bonds is 0. The summed E-state index contributed by atoms with van der Waals surface area (Å²) in [5.74, 6) is 0.804. The average molecular weight is 147 g/mol. The molecule has 0 saturated heterocycles. The Morgan fingerprint density at radius 3 is 3.00 bits per heavy atom. The van der Waals surface area contributed by atoms with Crippen molar-refractivity contribution in [1.29, 1.82) is 0 Å². The fourth-order valence-electron chi connectivity index (χ4n) is 1.85. The van der Waals surface area contributed by atoms with Crippen LogP contribution in [0.25, 0.3) is 0 Å². The first-order chi connectivity index (χ1) is 5.27. The minimum absolute atomic E-state index is 0.804. The van der Waals surface area contributed by atoms with Gasteiger partial charge in [-0.05, 0) is 42.9 Å². The van der Waals surface area contributed by atoms with Crippen LogP contribution in [0.1, 0.15) is 23.7 Å². The van der Waals surface area contributed by atoms with E-state index in [1.54, 1.807) is 0 Å². The molecule has 11 heavy (non-hydrogen) atoms. The zero-order chi connectivity index (χ0) is 7.84. The lowest BCUT2D eigenvalue weighted by Gasteiger charge is -2.00. The molecule has 0 unspecified atom stereocenters. The standard InChI is InChI=1S/C10H13N/c1-7-5-9-8(2)3-4-11-10(9)6-7/h3-4,7H,5-6H2,1-2H3/t7-/m1/s1. The van der Waals surface area contributed by atoms with Crippen LogP contribution in [0.5, 0.6) is 0 Å². The number of nitrogens with zero attached hydrogens (tertiary/aromatic N) is 1. The van der Waals surface area contributed by atoms with Gasteiger partial charge in [-0.1, -0.05) is 6.92 Å². The topological polar surface area (TPSA) is 12.9 Å². The number of hydrogen-bond acceptors (Lipinski definition) is 1. The maximum Gasteiger partial charge on any atom is 0.0441 e.